The lowest BCUT2D eigenvalue weighted by molar-refractivity contribution is -0.124. The molecular formula is C27H35N4O5S2-. The monoisotopic (exact) mass is 559 g/mol. The summed E-state index contributed by atoms with van der Waals surface area (Å²) in [5.74, 6) is -0.274. The van der Waals surface area contributed by atoms with Crippen molar-refractivity contribution < 1.29 is 23.1 Å². The molecule has 2 aromatic rings. The summed E-state index contributed by atoms with van der Waals surface area (Å²) in [6.45, 7) is 7.33. The number of nitrogens with zero attached hydrogens (tertiary/aromatic N) is 1. The summed E-state index contributed by atoms with van der Waals surface area (Å²) in [5, 5.41) is 8.63. The maximum Gasteiger partial charge on any atom is 0.408 e. The zero-order valence-electron chi connectivity index (χ0n) is 22.1. The molecule has 3 N–H and O–H groups in total. The van der Waals surface area contributed by atoms with Crippen LogP contribution in [0.3, 0.4) is 0 Å². The van der Waals surface area contributed by atoms with Gasteiger partial charge in [-0.3, -0.25) is 9.00 Å². The number of aryl methyl sites for hydroxylation is 1. The lowest BCUT2D eigenvalue weighted by Gasteiger charge is -2.27. The van der Waals surface area contributed by atoms with Gasteiger partial charge in [-0.05, 0) is 57.6 Å². The van der Waals surface area contributed by atoms with Gasteiger partial charge in [-0.15, -0.1) is 11.3 Å². The first-order valence-electron chi connectivity index (χ1n) is 12.5. The third-order valence-corrected chi connectivity index (χ3v) is 7.17. The van der Waals surface area contributed by atoms with Crippen molar-refractivity contribution in [2.24, 2.45) is 5.92 Å². The van der Waals surface area contributed by atoms with Crippen LogP contribution in [0.1, 0.15) is 62.8 Å². The van der Waals surface area contributed by atoms with Gasteiger partial charge < -0.3 is 24.6 Å². The Morgan fingerprint density at radius 3 is 2.55 bits per heavy atom. The molecule has 0 radical (unpaired) electrons. The van der Waals surface area contributed by atoms with Crippen LogP contribution in [0.4, 0.5) is 4.79 Å². The van der Waals surface area contributed by atoms with E-state index in [9.17, 15) is 18.4 Å². The van der Waals surface area contributed by atoms with E-state index >= 15 is 0 Å². The summed E-state index contributed by atoms with van der Waals surface area (Å²) in [4.78, 5) is 30.9. The number of aromatic nitrogens is 1. The number of carbonyl (C=O) groups excluding carboxylic acids is 2. The topological polar surface area (TPSA) is 132 Å². The fraction of sp³-hybridized carbons (Fsp3) is 0.444. The first kappa shape index (κ1) is 29.5. The summed E-state index contributed by atoms with van der Waals surface area (Å²) < 4.78 is 29.6. The van der Waals surface area contributed by atoms with Gasteiger partial charge in [0.15, 0.2) is 0 Å². The van der Waals surface area contributed by atoms with Crippen LogP contribution >= 0.6 is 11.3 Å². The van der Waals surface area contributed by atoms with E-state index in [1.54, 1.807) is 26.8 Å². The van der Waals surface area contributed by atoms with Crippen molar-refractivity contribution in [1.82, 2.24) is 20.3 Å². The van der Waals surface area contributed by atoms with Crippen LogP contribution in [0.25, 0.3) is 0 Å². The van der Waals surface area contributed by atoms with E-state index in [0.717, 1.165) is 22.7 Å². The molecule has 38 heavy (non-hydrogen) atoms. The van der Waals surface area contributed by atoms with Gasteiger partial charge in [0.05, 0.1) is 11.7 Å². The molecule has 1 aromatic heterocycles. The van der Waals surface area contributed by atoms with Gasteiger partial charge in [0.2, 0.25) is 5.91 Å². The van der Waals surface area contributed by atoms with Crippen molar-refractivity contribution in [1.29, 1.82) is 0 Å². The molecule has 0 saturated carbocycles. The Hall–Kier alpha value is -3.02. The van der Waals surface area contributed by atoms with Crippen LogP contribution in [-0.4, -0.2) is 37.4 Å². The third-order valence-electron chi connectivity index (χ3n) is 5.76. The molecule has 1 aliphatic rings. The van der Waals surface area contributed by atoms with Crippen LogP contribution in [0, 0.1) is 5.92 Å². The summed E-state index contributed by atoms with van der Waals surface area (Å²) in [6, 6.07) is 8.23. The minimum atomic E-state index is -2.38. The number of nitrogens with one attached hydrogen (secondary N) is 3. The maximum atomic E-state index is 13.6. The number of hydrogen-bond acceptors (Lipinski definition) is 7. The molecule has 1 heterocycles. The van der Waals surface area contributed by atoms with E-state index in [0.29, 0.717) is 25.0 Å². The van der Waals surface area contributed by atoms with Crippen LogP contribution < -0.4 is 15.4 Å². The predicted octanol–water partition coefficient (Wildman–Crippen LogP) is 4.23. The number of rotatable bonds is 11. The van der Waals surface area contributed by atoms with Crippen molar-refractivity contribution in [2.75, 3.05) is 0 Å². The van der Waals surface area contributed by atoms with Crippen molar-refractivity contribution >= 4 is 34.6 Å². The van der Waals surface area contributed by atoms with Crippen molar-refractivity contribution in [3.05, 3.63) is 75.9 Å². The van der Waals surface area contributed by atoms with E-state index in [1.165, 1.54) is 11.3 Å². The molecule has 0 aliphatic heterocycles. The van der Waals surface area contributed by atoms with Crippen LogP contribution in [0.5, 0.6) is 0 Å². The average molecular weight is 560 g/mol. The molecule has 1 aromatic carbocycles. The molecule has 11 heteroatoms. The Morgan fingerprint density at radius 1 is 1.24 bits per heavy atom. The second-order valence-electron chi connectivity index (χ2n) is 10.1. The van der Waals surface area contributed by atoms with Gasteiger partial charge in [-0.25, -0.2) is 9.78 Å². The molecule has 0 saturated heterocycles. The van der Waals surface area contributed by atoms with Gasteiger partial charge in [0, 0.05) is 28.8 Å². The number of hydrogen-bond donors (Lipinski definition) is 3. The van der Waals surface area contributed by atoms with E-state index in [4.69, 9.17) is 9.72 Å². The van der Waals surface area contributed by atoms with E-state index in [-0.39, 0.29) is 11.8 Å². The Kier molecular flexibility index (Phi) is 10.6. The van der Waals surface area contributed by atoms with Crippen molar-refractivity contribution in [3.8, 4) is 0 Å². The molecular weight excluding hydrogens is 524 g/mol. The average Bonchev–Trinajstić information content (AvgIpc) is 3.33. The summed E-state index contributed by atoms with van der Waals surface area (Å²) in [5.41, 5.74) is 1.66. The van der Waals surface area contributed by atoms with E-state index in [1.807, 2.05) is 54.8 Å². The van der Waals surface area contributed by atoms with E-state index < -0.39 is 35.0 Å². The highest BCUT2D eigenvalue weighted by Gasteiger charge is 2.29. The van der Waals surface area contributed by atoms with Gasteiger partial charge in [0.1, 0.15) is 16.7 Å². The summed E-state index contributed by atoms with van der Waals surface area (Å²) in [6.07, 6.45) is 7.06. The van der Waals surface area contributed by atoms with Gasteiger partial charge >= 0.3 is 6.09 Å². The van der Waals surface area contributed by atoms with Crippen LogP contribution in [0.15, 0.2) is 59.6 Å². The maximum absolute atomic E-state index is 13.6. The largest absolute Gasteiger partial charge is 0.755 e. The summed E-state index contributed by atoms with van der Waals surface area (Å²) in [7, 11) is 0. The highest BCUT2D eigenvalue weighted by Crippen LogP contribution is 2.29. The fourth-order valence-corrected chi connectivity index (χ4v) is 5.27. The normalized spacial score (nSPS) is 17.6. The van der Waals surface area contributed by atoms with Gasteiger partial charge in [-0.1, -0.05) is 49.4 Å². The number of alkyl carbamates (subject to hydrolysis) is 1. The number of amides is 2. The minimum Gasteiger partial charge on any atom is -0.755 e. The second kappa shape index (κ2) is 13.7. The van der Waals surface area contributed by atoms with Crippen molar-refractivity contribution in [2.45, 2.75) is 71.1 Å². The van der Waals surface area contributed by atoms with Crippen molar-refractivity contribution in [3.63, 3.8) is 0 Å². The lowest BCUT2D eigenvalue weighted by atomic mass is 9.92. The number of carbonyl (C=O) groups is 2. The first-order valence-corrected chi connectivity index (χ1v) is 14.5. The quantitative estimate of drug-likeness (QED) is 0.353. The van der Waals surface area contributed by atoms with E-state index in [2.05, 4.69) is 15.4 Å². The molecule has 1 aliphatic carbocycles. The second-order valence-corrected chi connectivity index (χ2v) is 11.6. The molecule has 2 unspecified atom stereocenters. The number of allylic oxidation sites excluding steroid dienone is 3. The predicted molar refractivity (Wildman–Crippen MR) is 148 cm³/mol. The Morgan fingerprint density at radius 2 is 1.97 bits per heavy atom. The molecule has 0 bridgehead atoms. The third kappa shape index (κ3) is 9.70. The van der Waals surface area contributed by atoms with Crippen LogP contribution in [-0.2, 0) is 33.6 Å². The Balaban J connectivity index is 1.78. The Bertz CT molecular complexity index is 1170. The lowest BCUT2D eigenvalue weighted by Crippen LogP contribution is -2.50. The standard InChI is InChI=1S/C27H36N4O5S2/c1-5-20-17-37-25(28-20)23(16-19-11-13-21(14-12-19)31-38(34)35)29-24(32)22(15-18-9-7-6-8-10-18)30-26(33)36-27(2,3)4/h6-11,13-14,17,19,22-23,31H,5,12,15-16H2,1-4H3,(H,29,32)(H,30,33)(H,34,35)/p-1/t19?,22-,23+/m1/s1. The number of benzene rings is 1. The number of thiazole rings is 1. The van der Waals surface area contributed by atoms with Crippen LogP contribution in [0.2, 0.25) is 0 Å². The molecule has 2 amide bonds. The minimum absolute atomic E-state index is 0.0614. The summed E-state index contributed by atoms with van der Waals surface area (Å²) >= 11 is -0.897. The zero-order valence-corrected chi connectivity index (χ0v) is 23.7. The number of ether oxygens (including phenoxy) is 1. The molecule has 0 spiro atoms. The SMILES string of the molecule is CCc1csc([C@H](CC2C=CC(NS(=O)[O-])=CC2)NC(=O)[C@@H](Cc2ccccc2)NC(=O)OC(C)(C)C)n1. The highest BCUT2D eigenvalue weighted by atomic mass is 32.2. The molecule has 4 atom stereocenters. The molecule has 3 rings (SSSR count). The molecule has 206 valence electrons. The fourth-order valence-electron chi connectivity index (χ4n) is 3.96. The first-order chi connectivity index (χ1) is 18.0. The van der Waals surface area contributed by atoms with Gasteiger partial charge in [-0.2, -0.15) is 0 Å². The zero-order chi connectivity index (χ0) is 27.7. The highest BCUT2D eigenvalue weighted by molar-refractivity contribution is 7.77. The molecule has 9 nitrogen and oxygen atoms in total. The molecule has 0 fully saturated rings. The van der Waals surface area contributed by atoms with Gasteiger partial charge in [0.25, 0.3) is 0 Å². The smallest absolute Gasteiger partial charge is 0.408 e. The Labute approximate surface area is 230 Å².